The largest absolute Gasteiger partial charge is 0.406 e. The number of hydroxylamine groups is 2. The zero-order chi connectivity index (χ0) is 24.2. The molecule has 2 saturated heterocycles. The number of nitrogens with zero attached hydrogens (tertiary/aromatic N) is 3. The van der Waals surface area contributed by atoms with E-state index in [0.29, 0.717) is 12.0 Å². The normalized spacial score (nSPS) is 19.9. The molecule has 5 rings (SSSR count). The van der Waals surface area contributed by atoms with Crippen molar-refractivity contribution in [1.82, 2.24) is 14.9 Å². The Bertz CT molecular complexity index is 1140. The molecule has 0 aromatic heterocycles. The Labute approximate surface area is 209 Å². The number of rotatable bonds is 6. The molecule has 0 saturated carbocycles. The zero-order valence-corrected chi connectivity index (χ0v) is 21.0. The van der Waals surface area contributed by atoms with Crippen LogP contribution >= 0.6 is 0 Å². The molecule has 5 heteroatoms. The fourth-order valence-electron chi connectivity index (χ4n) is 5.39. The number of fused-ring (bicyclic) bond motifs is 1. The van der Waals surface area contributed by atoms with Gasteiger partial charge < -0.3 is 9.74 Å². The van der Waals surface area contributed by atoms with Gasteiger partial charge in [0.1, 0.15) is 5.75 Å². The number of piperazine rings is 1. The van der Waals surface area contributed by atoms with Crippen LogP contribution in [0.3, 0.4) is 0 Å². The van der Waals surface area contributed by atoms with Gasteiger partial charge in [0.05, 0.1) is 0 Å². The van der Waals surface area contributed by atoms with Crippen molar-refractivity contribution in [3.8, 4) is 5.75 Å². The summed E-state index contributed by atoms with van der Waals surface area (Å²) in [6, 6.07) is 23.3. The van der Waals surface area contributed by atoms with Crippen LogP contribution in [-0.4, -0.2) is 59.5 Å². The van der Waals surface area contributed by atoms with Crippen LogP contribution in [0.25, 0.3) is 10.8 Å². The zero-order valence-electron chi connectivity index (χ0n) is 21.0. The van der Waals surface area contributed by atoms with Crippen molar-refractivity contribution in [1.29, 1.82) is 0 Å². The molecule has 5 nitrogen and oxygen atoms in total. The van der Waals surface area contributed by atoms with E-state index in [1.165, 1.54) is 24.8 Å². The second kappa shape index (κ2) is 10.8. The lowest BCUT2D eigenvalue weighted by atomic mass is 9.95. The predicted octanol–water partition coefficient (Wildman–Crippen LogP) is 5.60. The standard InChI is InChI=1S/C30H37N3O2/c1-23(2)29-10-6-7-15-33(29)35-28-14-13-25-20-27(12-11-26(25)21-28)30(34)32-18-16-31(17-19-32)22-24-8-4-3-5-9-24/h3-5,8-9,11-14,20-21,23,29H,6-7,10,15-19,22H2,1-2H3. The third-order valence-corrected chi connectivity index (χ3v) is 7.46. The van der Waals surface area contributed by atoms with Gasteiger partial charge >= 0.3 is 0 Å². The highest BCUT2D eigenvalue weighted by Gasteiger charge is 2.27. The lowest BCUT2D eigenvalue weighted by Gasteiger charge is -2.37. The fraction of sp³-hybridized carbons (Fsp3) is 0.433. The summed E-state index contributed by atoms with van der Waals surface area (Å²) >= 11 is 0. The van der Waals surface area contributed by atoms with Crippen LogP contribution in [0.2, 0.25) is 0 Å². The number of hydrogen-bond acceptors (Lipinski definition) is 4. The minimum absolute atomic E-state index is 0.125. The van der Waals surface area contributed by atoms with Gasteiger partial charge in [-0.1, -0.05) is 62.7 Å². The van der Waals surface area contributed by atoms with Crippen LogP contribution in [0.5, 0.6) is 5.75 Å². The lowest BCUT2D eigenvalue weighted by Crippen LogP contribution is -2.48. The summed E-state index contributed by atoms with van der Waals surface area (Å²) in [4.78, 5) is 23.9. The molecule has 1 atom stereocenters. The highest BCUT2D eigenvalue weighted by atomic mass is 16.7. The summed E-state index contributed by atoms with van der Waals surface area (Å²) in [6.45, 7) is 9.81. The van der Waals surface area contributed by atoms with Crippen molar-refractivity contribution in [2.45, 2.75) is 45.7 Å². The van der Waals surface area contributed by atoms with Gasteiger partial charge in [0.25, 0.3) is 5.91 Å². The topological polar surface area (TPSA) is 36.0 Å². The predicted molar refractivity (Wildman–Crippen MR) is 141 cm³/mol. The molecule has 2 heterocycles. The summed E-state index contributed by atoms with van der Waals surface area (Å²) in [7, 11) is 0. The van der Waals surface area contributed by atoms with Crippen molar-refractivity contribution >= 4 is 16.7 Å². The number of carbonyl (C=O) groups is 1. The summed E-state index contributed by atoms with van der Waals surface area (Å²) in [5.74, 6) is 1.57. The van der Waals surface area contributed by atoms with Crippen LogP contribution < -0.4 is 4.84 Å². The smallest absolute Gasteiger partial charge is 0.253 e. The number of hydrogen-bond donors (Lipinski definition) is 0. The van der Waals surface area contributed by atoms with E-state index in [2.05, 4.69) is 66.3 Å². The van der Waals surface area contributed by atoms with E-state index in [4.69, 9.17) is 4.84 Å². The van der Waals surface area contributed by atoms with Gasteiger partial charge in [-0.3, -0.25) is 9.69 Å². The van der Waals surface area contributed by atoms with E-state index < -0.39 is 0 Å². The molecule has 0 spiro atoms. The number of benzene rings is 3. The Morgan fingerprint density at radius 2 is 1.63 bits per heavy atom. The van der Waals surface area contributed by atoms with Crippen molar-refractivity contribution in [3.63, 3.8) is 0 Å². The Kier molecular flexibility index (Phi) is 7.35. The molecule has 0 radical (unpaired) electrons. The van der Waals surface area contributed by atoms with E-state index in [1.54, 1.807) is 0 Å². The summed E-state index contributed by atoms with van der Waals surface area (Å²) < 4.78 is 0. The summed E-state index contributed by atoms with van der Waals surface area (Å²) in [5.41, 5.74) is 2.09. The monoisotopic (exact) mass is 471 g/mol. The van der Waals surface area contributed by atoms with Crippen LogP contribution in [0.1, 0.15) is 49.0 Å². The third kappa shape index (κ3) is 5.68. The Hall–Kier alpha value is -2.89. The van der Waals surface area contributed by atoms with Gasteiger partial charge in [-0.25, -0.2) is 0 Å². The molecule has 0 bridgehead atoms. The number of amides is 1. The molecule has 2 aliphatic rings. The molecule has 1 unspecified atom stereocenters. The second-order valence-corrected chi connectivity index (χ2v) is 10.3. The maximum absolute atomic E-state index is 13.2. The van der Waals surface area contributed by atoms with Gasteiger partial charge in [-0.2, -0.15) is 0 Å². The molecule has 35 heavy (non-hydrogen) atoms. The first-order chi connectivity index (χ1) is 17.1. The molecule has 184 valence electrons. The minimum atomic E-state index is 0.125. The van der Waals surface area contributed by atoms with Crippen LogP contribution in [0.4, 0.5) is 0 Å². The average Bonchev–Trinajstić information content (AvgIpc) is 2.89. The average molecular weight is 472 g/mol. The van der Waals surface area contributed by atoms with Gasteiger partial charge in [-0.05, 0) is 59.4 Å². The molecule has 2 aliphatic heterocycles. The highest BCUT2D eigenvalue weighted by molar-refractivity contribution is 5.98. The van der Waals surface area contributed by atoms with Gasteiger partial charge in [0.15, 0.2) is 0 Å². The van der Waals surface area contributed by atoms with E-state index in [-0.39, 0.29) is 5.91 Å². The second-order valence-electron chi connectivity index (χ2n) is 10.3. The van der Waals surface area contributed by atoms with Crippen LogP contribution in [-0.2, 0) is 6.54 Å². The molecule has 0 N–H and O–H groups in total. The molecule has 0 aliphatic carbocycles. The maximum atomic E-state index is 13.2. The van der Waals surface area contributed by atoms with Crippen LogP contribution in [0, 0.1) is 5.92 Å². The van der Waals surface area contributed by atoms with E-state index in [0.717, 1.165) is 61.4 Å². The van der Waals surface area contributed by atoms with E-state index in [9.17, 15) is 4.79 Å². The fourth-order valence-corrected chi connectivity index (χ4v) is 5.39. The molecule has 3 aromatic rings. The summed E-state index contributed by atoms with van der Waals surface area (Å²) in [6.07, 6.45) is 3.65. The number of carbonyl (C=O) groups excluding carboxylic acids is 1. The first-order valence-electron chi connectivity index (χ1n) is 13.1. The Morgan fingerprint density at radius 3 is 2.40 bits per heavy atom. The molecule has 3 aromatic carbocycles. The quantitative estimate of drug-likeness (QED) is 0.469. The van der Waals surface area contributed by atoms with Crippen molar-refractivity contribution < 1.29 is 9.63 Å². The van der Waals surface area contributed by atoms with Gasteiger partial charge in [0.2, 0.25) is 0 Å². The van der Waals surface area contributed by atoms with E-state index in [1.807, 2.05) is 29.2 Å². The SMILES string of the molecule is CC(C)C1CCCCN1Oc1ccc2cc(C(=O)N3CCN(Cc4ccccc4)CC3)ccc2c1. The third-order valence-electron chi connectivity index (χ3n) is 7.46. The first-order valence-corrected chi connectivity index (χ1v) is 13.1. The maximum Gasteiger partial charge on any atom is 0.253 e. The van der Waals surface area contributed by atoms with Crippen molar-refractivity contribution in [2.24, 2.45) is 5.92 Å². The van der Waals surface area contributed by atoms with Gasteiger partial charge in [-0.15, -0.1) is 5.06 Å². The summed E-state index contributed by atoms with van der Waals surface area (Å²) in [5, 5.41) is 4.35. The van der Waals surface area contributed by atoms with Crippen molar-refractivity contribution in [2.75, 3.05) is 32.7 Å². The molecule has 1 amide bonds. The molecule has 2 fully saturated rings. The first kappa shape index (κ1) is 23.8. The minimum Gasteiger partial charge on any atom is -0.406 e. The highest BCUT2D eigenvalue weighted by Crippen LogP contribution is 2.28. The van der Waals surface area contributed by atoms with Crippen molar-refractivity contribution in [3.05, 3.63) is 77.9 Å². The molecular weight excluding hydrogens is 434 g/mol. The number of piperidine rings is 1. The lowest BCUT2D eigenvalue weighted by molar-refractivity contribution is -0.125. The Balaban J connectivity index is 1.21. The molecular formula is C30H37N3O2. The Morgan fingerprint density at radius 1 is 0.886 bits per heavy atom. The van der Waals surface area contributed by atoms with Crippen LogP contribution in [0.15, 0.2) is 66.7 Å². The van der Waals surface area contributed by atoms with E-state index >= 15 is 0 Å². The van der Waals surface area contributed by atoms with Gasteiger partial charge in [0, 0.05) is 50.9 Å².